The van der Waals surface area contributed by atoms with Gasteiger partial charge in [0.05, 0.1) is 11.8 Å². The number of hydrogen-bond acceptors (Lipinski definition) is 4. The third kappa shape index (κ3) is 2.61. The predicted molar refractivity (Wildman–Crippen MR) is 103 cm³/mol. The Morgan fingerprint density at radius 2 is 1.75 bits per heavy atom. The largest absolute Gasteiger partial charge is 0.480 e. The Hall–Kier alpha value is -2.21. The van der Waals surface area contributed by atoms with Crippen LogP contribution in [0.15, 0.2) is 30.3 Å². The van der Waals surface area contributed by atoms with Crippen molar-refractivity contribution in [1.29, 1.82) is 0 Å². The first-order chi connectivity index (χ1) is 13.4. The number of amides is 2. The SMILES string of the molecule is CC(C)C1(C(=O)O)NC(c2ccccc2)C2C(=O)N(C3CCCCC3)C(=O)C21. The van der Waals surface area contributed by atoms with Crippen LogP contribution in [0.1, 0.15) is 57.6 Å². The summed E-state index contributed by atoms with van der Waals surface area (Å²) < 4.78 is 0. The molecule has 0 radical (unpaired) electrons. The number of carbonyl (C=O) groups is 3. The third-order valence-corrected chi connectivity index (χ3v) is 6.99. The van der Waals surface area contributed by atoms with E-state index in [9.17, 15) is 19.5 Å². The third-order valence-electron chi connectivity index (χ3n) is 6.99. The van der Waals surface area contributed by atoms with Gasteiger partial charge in [-0.25, -0.2) is 0 Å². The van der Waals surface area contributed by atoms with Gasteiger partial charge in [-0.2, -0.15) is 0 Å². The smallest absolute Gasteiger partial charge is 0.325 e. The van der Waals surface area contributed by atoms with Gasteiger partial charge in [0.2, 0.25) is 11.8 Å². The minimum absolute atomic E-state index is 0.0885. The number of aliphatic carboxylic acids is 1. The second-order valence-electron chi connectivity index (χ2n) is 8.70. The van der Waals surface area contributed by atoms with E-state index in [1.165, 1.54) is 4.90 Å². The molecule has 2 amide bonds. The zero-order valence-corrected chi connectivity index (χ0v) is 16.4. The van der Waals surface area contributed by atoms with E-state index in [4.69, 9.17) is 0 Å². The summed E-state index contributed by atoms with van der Waals surface area (Å²) in [6, 6.07) is 8.87. The van der Waals surface area contributed by atoms with Crippen molar-refractivity contribution in [2.75, 3.05) is 0 Å². The summed E-state index contributed by atoms with van der Waals surface area (Å²) in [5.74, 6) is -3.44. The van der Waals surface area contributed by atoms with Crippen LogP contribution in [0.5, 0.6) is 0 Å². The van der Waals surface area contributed by atoms with Crippen molar-refractivity contribution in [2.45, 2.75) is 63.6 Å². The number of rotatable bonds is 4. The van der Waals surface area contributed by atoms with Crippen molar-refractivity contribution < 1.29 is 19.5 Å². The number of carboxylic acids is 1. The number of nitrogens with one attached hydrogen (secondary N) is 1. The lowest BCUT2D eigenvalue weighted by Gasteiger charge is -2.36. The van der Waals surface area contributed by atoms with Gasteiger partial charge in [-0.1, -0.05) is 63.4 Å². The zero-order valence-electron chi connectivity index (χ0n) is 16.4. The molecule has 6 heteroatoms. The molecule has 3 fully saturated rings. The Morgan fingerprint density at radius 1 is 1.11 bits per heavy atom. The highest BCUT2D eigenvalue weighted by atomic mass is 16.4. The Morgan fingerprint density at radius 3 is 2.32 bits per heavy atom. The molecule has 150 valence electrons. The Bertz CT molecular complexity index is 787. The van der Waals surface area contributed by atoms with Gasteiger partial charge >= 0.3 is 5.97 Å². The number of nitrogens with zero attached hydrogens (tertiary/aromatic N) is 1. The molecule has 2 aliphatic heterocycles. The molecule has 0 spiro atoms. The number of hydrogen-bond donors (Lipinski definition) is 2. The van der Waals surface area contributed by atoms with Crippen LogP contribution in [0.4, 0.5) is 0 Å². The van der Waals surface area contributed by atoms with Crippen molar-refractivity contribution in [3.8, 4) is 0 Å². The van der Waals surface area contributed by atoms with Gasteiger partial charge in [0.1, 0.15) is 5.54 Å². The molecule has 6 nitrogen and oxygen atoms in total. The monoisotopic (exact) mass is 384 g/mol. The van der Waals surface area contributed by atoms with Crippen LogP contribution >= 0.6 is 0 Å². The topological polar surface area (TPSA) is 86.7 Å². The Kier molecular flexibility index (Phi) is 4.78. The lowest BCUT2D eigenvalue weighted by molar-refractivity contribution is -0.154. The molecule has 0 aromatic heterocycles. The molecule has 4 rings (SSSR count). The summed E-state index contributed by atoms with van der Waals surface area (Å²) in [6.45, 7) is 3.62. The van der Waals surface area contributed by atoms with Crippen LogP contribution in [-0.2, 0) is 14.4 Å². The van der Waals surface area contributed by atoms with Crippen molar-refractivity contribution in [3.05, 3.63) is 35.9 Å². The van der Waals surface area contributed by atoms with E-state index in [0.717, 1.165) is 37.7 Å². The van der Waals surface area contributed by atoms with Gasteiger partial charge in [0, 0.05) is 12.1 Å². The molecule has 2 N–H and O–H groups in total. The molecule has 28 heavy (non-hydrogen) atoms. The number of carboxylic acid groups (broad SMARTS) is 1. The van der Waals surface area contributed by atoms with Gasteiger partial charge in [0.25, 0.3) is 0 Å². The number of carbonyl (C=O) groups excluding carboxylic acids is 2. The normalized spacial score (nSPS) is 33.5. The number of imide groups is 1. The van der Waals surface area contributed by atoms with E-state index in [2.05, 4.69) is 5.32 Å². The predicted octanol–water partition coefficient (Wildman–Crippen LogP) is 2.74. The molecule has 0 bridgehead atoms. The lowest BCUT2D eigenvalue weighted by atomic mass is 9.73. The summed E-state index contributed by atoms with van der Waals surface area (Å²) in [4.78, 5) is 40.9. The maximum atomic E-state index is 13.5. The van der Waals surface area contributed by atoms with E-state index in [-0.39, 0.29) is 23.8 Å². The van der Waals surface area contributed by atoms with Crippen molar-refractivity contribution in [3.63, 3.8) is 0 Å². The molecular weight excluding hydrogens is 356 g/mol. The van der Waals surface area contributed by atoms with Crippen LogP contribution in [-0.4, -0.2) is 39.4 Å². The summed E-state index contributed by atoms with van der Waals surface area (Å²) in [7, 11) is 0. The van der Waals surface area contributed by atoms with Gasteiger partial charge in [-0.15, -0.1) is 0 Å². The maximum Gasteiger partial charge on any atom is 0.325 e. The number of fused-ring (bicyclic) bond motifs is 1. The highest BCUT2D eigenvalue weighted by Gasteiger charge is 2.69. The molecule has 1 aromatic rings. The minimum Gasteiger partial charge on any atom is -0.480 e. The first-order valence-electron chi connectivity index (χ1n) is 10.3. The molecular formula is C22H28N2O4. The average molecular weight is 384 g/mol. The van der Waals surface area contributed by atoms with Crippen molar-refractivity contribution >= 4 is 17.8 Å². The summed E-state index contributed by atoms with van der Waals surface area (Å²) in [5, 5.41) is 13.4. The molecule has 4 unspecified atom stereocenters. The van der Waals surface area contributed by atoms with Crippen LogP contribution in [0.2, 0.25) is 0 Å². The van der Waals surface area contributed by atoms with Gasteiger partial charge in [-0.05, 0) is 24.3 Å². The quantitative estimate of drug-likeness (QED) is 0.780. The molecule has 1 saturated carbocycles. The highest BCUT2D eigenvalue weighted by molar-refractivity contribution is 6.09. The maximum absolute atomic E-state index is 13.5. The van der Waals surface area contributed by atoms with Crippen molar-refractivity contribution in [2.24, 2.45) is 17.8 Å². The summed E-state index contributed by atoms with van der Waals surface area (Å²) in [6.07, 6.45) is 4.78. The Balaban J connectivity index is 1.81. The molecule has 3 aliphatic rings. The first kappa shape index (κ1) is 19.1. The van der Waals surface area contributed by atoms with Crippen LogP contribution in [0.3, 0.4) is 0 Å². The molecule has 4 atom stereocenters. The highest BCUT2D eigenvalue weighted by Crippen LogP contribution is 2.52. The number of likely N-dealkylation sites (tertiary alicyclic amines) is 1. The lowest BCUT2D eigenvalue weighted by Crippen LogP contribution is -2.59. The van der Waals surface area contributed by atoms with E-state index >= 15 is 0 Å². The molecule has 1 aromatic carbocycles. The van der Waals surface area contributed by atoms with Gasteiger partial charge < -0.3 is 5.11 Å². The van der Waals surface area contributed by atoms with Crippen LogP contribution in [0, 0.1) is 17.8 Å². The minimum atomic E-state index is -1.44. The van der Waals surface area contributed by atoms with E-state index < -0.39 is 29.4 Å². The van der Waals surface area contributed by atoms with Crippen molar-refractivity contribution in [1.82, 2.24) is 10.2 Å². The van der Waals surface area contributed by atoms with Gasteiger partial charge in [-0.3, -0.25) is 24.6 Å². The Labute approximate surface area is 165 Å². The standard InChI is InChI=1S/C22H28N2O4/c1-13(2)22(21(27)28)17-16(18(23-22)14-9-5-3-6-10-14)19(25)24(20(17)26)15-11-7-4-8-12-15/h3,5-6,9-10,13,15-18,23H,4,7-8,11-12H2,1-2H3,(H,27,28). The molecule has 2 saturated heterocycles. The van der Waals surface area contributed by atoms with E-state index in [1.54, 1.807) is 0 Å². The second kappa shape index (κ2) is 6.99. The number of benzene rings is 1. The second-order valence-corrected chi connectivity index (χ2v) is 8.70. The summed E-state index contributed by atoms with van der Waals surface area (Å²) in [5.41, 5.74) is -0.589. The summed E-state index contributed by atoms with van der Waals surface area (Å²) >= 11 is 0. The molecule has 2 heterocycles. The van der Waals surface area contributed by atoms with Gasteiger partial charge in [0.15, 0.2) is 0 Å². The fourth-order valence-corrected chi connectivity index (χ4v) is 5.58. The fraction of sp³-hybridized carbons (Fsp3) is 0.591. The first-order valence-corrected chi connectivity index (χ1v) is 10.3. The van der Waals surface area contributed by atoms with Crippen LogP contribution < -0.4 is 5.32 Å². The zero-order chi connectivity index (χ0) is 20.1. The van der Waals surface area contributed by atoms with E-state index in [0.29, 0.717) is 0 Å². The average Bonchev–Trinajstić information content (AvgIpc) is 3.18. The van der Waals surface area contributed by atoms with Crippen LogP contribution in [0.25, 0.3) is 0 Å². The van der Waals surface area contributed by atoms with E-state index in [1.807, 2.05) is 44.2 Å². The fourth-order valence-electron chi connectivity index (χ4n) is 5.58. The molecule has 1 aliphatic carbocycles.